The SMILES string of the molecule is COc1cc2nc(C3=CC(C)C(N4CCC4)NC3)cc(NCCCN(C)C)c2cc1OC. The van der Waals surface area contributed by atoms with Crippen molar-refractivity contribution < 1.29 is 9.47 Å². The van der Waals surface area contributed by atoms with E-state index in [4.69, 9.17) is 14.5 Å². The van der Waals surface area contributed by atoms with Gasteiger partial charge in [-0.3, -0.25) is 10.2 Å². The number of nitrogens with one attached hydrogen (secondary N) is 2. The van der Waals surface area contributed by atoms with Crippen molar-refractivity contribution in [1.82, 2.24) is 20.1 Å². The predicted molar refractivity (Wildman–Crippen MR) is 132 cm³/mol. The zero-order chi connectivity index (χ0) is 22.7. The number of fused-ring (bicyclic) bond motifs is 1. The number of pyridine rings is 1. The summed E-state index contributed by atoms with van der Waals surface area (Å²) in [5.74, 6) is 1.86. The first-order valence-corrected chi connectivity index (χ1v) is 11.6. The molecule has 2 aromatic rings. The van der Waals surface area contributed by atoms with Gasteiger partial charge in [0.05, 0.1) is 31.6 Å². The first-order valence-electron chi connectivity index (χ1n) is 11.6. The Kier molecular flexibility index (Phi) is 7.18. The molecule has 7 nitrogen and oxygen atoms in total. The molecule has 2 N–H and O–H groups in total. The minimum absolute atomic E-state index is 0.431. The lowest BCUT2D eigenvalue weighted by Gasteiger charge is -2.43. The van der Waals surface area contributed by atoms with Crippen LogP contribution >= 0.6 is 0 Å². The van der Waals surface area contributed by atoms with Gasteiger partial charge in [-0.25, -0.2) is 4.98 Å². The summed E-state index contributed by atoms with van der Waals surface area (Å²) >= 11 is 0. The molecule has 2 aliphatic rings. The molecule has 0 bridgehead atoms. The van der Waals surface area contributed by atoms with Gasteiger partial charge < -0.3 is 19.7 Å². The molecule has 1 aromatic heterocycles. The summed E-state index contributed by atoms with van der Waals surface area (Å²) in [5.41, 5.74) is 4.26. The second-order valence-corrected chi connectivity index (χ2v) is 9.13. The standard InChI is InChI=1S/C25H37N5O2/c1-17-12-18(16-27-25(17)30-10-7-11-30)20-14-21(26-8-6-9-29(2)3)19-13-23(31-4)24(32-5)15-22(19)28-20/h12-15,17,25,27H,6-11,16H2,1-5H3,(H,26,28). The van der Waals surface area contributed by atoms with Gasteiger partial charge >= 0.3 is 0 Å². The number of anilines is 1. The summed E-state index contributed by atoms with van der Waals surface area (Å²) in [6, 6.07) is 6.19. The van der Waals surface area contributed by atoms with Crippen molar-refractivity contribution in [2.45, 2.75) is 25.9 Å². The highest BCUT2D eigenvalue weighted by Crippen LogP contribution is 2.36. The van der Waals surface area contributed by atoms with Crippen LogP contribution in [0.15, 0.2) is 24.3 Å². The molecule has 7 heteroatoms. The minimum Gasteiger partial charge on any atom is -0.493 e. The van der Waals surface area contributed by atoms with E-state index in [2.05, 4.69) is 53.6 Å². The fourth-order valence-corrected chi connectivity index (χ4v) is 4.61. The van der Waals surface area contributed by atoms with Gasteiger partial charge in [0.25, 0.3) is 0 Å². The molecule has 0 radical (unpaired) electrons. The molecule has 2 aliphatic heterocycles. The lowest BCUT2D eigenvalue weighted by atomic mass is 9.94. The van der Waals surface area contributed by atoms with Crippen molar-refractivity contribution in [3.05, 3.63) is 30.0 Å². The number of methoxy groups -OCH3 is 2. The number of hydrogen-bond acceptors (Lipinski definition) is 7. The number of hydrogen-bond donors (Lipinski definition) is 2. The largest absolute Gasteiger partial charge is 0.493 e. The molecule has 1 saturated heterocycles. The van der Waals surface area contributed by atoms with Crippen molar-refractivity contribution in [2.24, 2.45) is 5.92 Å². The van der Waals surface area contributed by atoms with Crippen molar-refractivity contribution >= 4 is 22.2 Å². The molecule has 2 atom stereocenters. The molecule has 32 heavy (non-hydrogen) atoms. The van der Waals surface area contributed by atoms with Crippen molar-refractivity contribution in [2.75, 3.05) is 66.4 Å². The molecule has 0 amide bonds. The third kappa shape index (κ3) is 4.85. The molecule has 174 valence electrons. The summed E-state index contributed by atoms with van der Waals surface area (Å²) in [6.07, 6.45) is 5.20. The second-order valence-electron chi connectivity index (χ2n) is 9.13. The Morgan fingerprint density at radius 3 is 2.53 bits per heavy atom. The average Bonchev–Trinajstić information content (AvgIpc) is 2.75. The van der Waals surface area contributed by atoms with Gasteiger partial charge in [-0.15, -0.1) is 0 Å². The Labute approximate surface area is 191 Å². The van der Waals surface area contributed by atoms with Gasteiger partial charge in [-0.1, -0.05) is 13.0 Å². The lowest BCUT2D eigenvalue weighted by molar-refractivity contribution is 0.0723. The van der Waals surface area contributed by atoms with E-state index >= 15 is 0 Å². The number of nitrogens with zero attached hydrogens (tertiary/aromatic N) is 3. The van der Waals surface area contributed by atoms with Crippen LogP contribution in [0, 0.1) is 5.92 Å². The monoisotopic (exact) mass is 439 g/mol. The van der Waals surface area contributed by atoms with Crippen LogP contribution in [0.3, 0.4) is 0 Å². The fraction of sp³-hybridized carbons (Fsp3) is 0.560. The predicted octanol–water partition coefficient (Wildman–Crippen LogP) is 3.27. The molecule has 1 aromatic carbocycles. The number of rotatable bonds is 9. The van der Waals surface area contributed by atoms with Crippen LogP contribution < -0.4 is 20.1 Å². The quantitative estimate of drug-likeness (QED) is 0.582. The third-order valence-corrected chi connectivity index (χ3v) is 6.49. The van der Waals surface area contributed by atoms with Gasteiger partial charge in [0, 0.05) is 49.2 Å². The van der Waals surface area contributed by atoms with Crippen LogP contribution in [0.2, 0.25) is 0 Å². The van der Waals surface area contributed by atoms with Crippen LogP contribution in [0.4, 0.5) is 5.69 Å². The van der Waals surface area contributed by atoms with Gasteiger partial charge in [-0.2, -0.15) is 0 Å². The van der Waals surface area contributed by atoms with Crippen LogP contribution in [0.5, 0.6) is 11.5 Å². The minimum atomic E-state index is 0.431. The first-order chi connectivity index (χ1) is 15.5. The second kappa shape index (κ2) is 10.1. The lowest BCUT2D eigenvalue weighted by Crippen LogP contribution is -2.56. The van der Waals surface area contributed by atoms with E-state index in [-0.39, 0.29) is 0 Å². The van der Waals surface area contributed by atoms with E-state index in [1.807, 2.05) is 12.1 Å². The molecular formula is C25H37N5O2. The third-order valence-electron chi connectivity index (χ3n) is 6.49. The van der Waals surface area contributed by atoms with Crippen molar-refractivity contribution in [1.29, 1.82) is 0 Å². The molecule has 0 aliphatic carbocycles. The molecule has 0 spiro atoms. The highest BCUT2D eigenvalue weighted by atomic mass is 16.5. The normalized spacial score (nSPS) is 21.4. The number of ether oxygens (including phenoxy) is 2. The summed E-state index contributed by atoms with van der Waals surface area (Å²) in [6.45, 7) is 7.46. The molecule has 3 heterocycles. The average molecular weight is 440 g/mol. The first kappa shape index (κ1) is 22.8. The van der Waals surface area contributed by atoms with Crippen LogP contribution in [-0.4, -0.2) is 82.0 Å². The van der Waals surface area contributed by atoms with Gasteiger partial charge in [-0.05, 0) is 51.2 Å². The molecule has 0 saturated carbocycles. The number of likely N-dealkylation sites (tertiary alicyclic amines) is 1. The maximum Gasteiger partial charge on any atom is 0.162 e. The van der Waals surface area contributed by atoms with Crippen molar-refractivity contribution in [3.63, 3.8) is 0 Å². The molecular weight excluding hydrogens is 402 g/mol. The maximum atomic E-state index is 5.55. The van der Waals surface area contributed by atoms with Gasteiger partial charge in [0.1, 0.15) is 0 Å². The van der Waals surface area contributed by atoms with E-state index < -0.39 is 0 Å². The Morgan fingerprint density at radius 2 is 1.91 bits per heavy atom. The number of benzene rings is 1. The number of aromatic nitrogens is 1. The summed E-state index contributed by atoms with van der Waals surface area (Å²) < 4.78 is 11.1. The van der Waals surface area contributed by atoms with Crippen LogP contribution in [-0.2, 0) is 0 Å². The van der Waals surface area contributed by atoms with Crippen LogP contribution in [0.25, 0.3) is 16.5 Å². The van der Waals surface area contributed by atoms with Crippen LogP contribution in [0.1, 0.15) is 25.5 Å². The zero-order valence-corrected chi connectivity index (χ0v) is 20.1. The zero-order valence-electron chi connectivity index (χ0n) is 20.1. The maximum absolute atomic E-state index is 5.55. The van der Waals surface area contributed by atoms with E-state index in [1.165, 1.54) is 25.1 Å². The Bertz CT molecular complexity index is 970. The summed E-state index contributed by atoms with van der Waals surface area (Å²) in [4.78, 5) is 9.77. The van der Waals surface area contributed by atoms with E-state index in [1.54, 1.807) is 14.2 Å². The van der Waals surface area contributed by atoms with E-state index in [9.17, 15) is 0 Å². The molecule has 1 fully saturated rings. The Hall–Kier alpha value is -2.35. The highest BCUT2D eigenvalue weighted by molar-refractivity contribution is 5.95. The smallest absolute Gasteiger partial charge is 0.162 e. The van der Waals surface area contributed by atoms with Crippen molar-refractivity contribution in [3.8, 4) is 11.5 Å². The van der Waals surface area contributed by atoms with E-state index in [0.29, 0.717) is 17.8 Å². The molecule has 2 unspecified atom stereocenters. The topological polar surface area (TPSA) is 61.9 Å². The molecule has 4 rings (SSSR count). The summed E-state index contributed by atoms with van der Waals surface area (Å²) in [5, 5.41) is 8.44. The Balaban J connectivity index is 1.67. The highest BCUT2D eigenvalue weighted by Gasteiger charge is 2.30. The van der Waals surface area contributed by atoms with E-state index in [0.717, 1.165) is 54.1 Å². The van der Waals surface area contributed by atoms with Gasteiger partial charge in [0.2, 0.25) is 0 Å². The Morgan fingerprint density at radius 1 is 1.16 bits per heavy atom. The van der Waals surface area contributed by atoms with Gasteiger partial charge in [0.15, 0.2) is 11.5 Å². The fourth-order valence-electron chi connectivity index (χ4n) is 4.61. The summed E-state index contributed by atoms with van der Waals surface area (Å²) in [7, 11) is 7.55.